The summed E-state index contributed by atoms with van der Waals surface area (Å²) in [5.41, 5.74) is 4.73. The normalized spacial score (nSPS) is 10.8. The van der Waals surface area contributed by atoms with Crippen LogP contribution in [-0.2, 0) is 5.75 Å². The Bertz CT molecular complexity index is 751. The van der Waals surface area contributed by atoms with Gasteiger partial charge in [-0.3, -0.25) is 0 Å². The molecule has 0 spiro atoms. The highest BCUT2D eigenvalue weighted by atomic mass is 32.2. The van der Waals surface area contributed by atoms with Gasteiger partial charge in [-0.25, -0.2) is 0 Å². The molecule has 0 radical (unpaired) electrons. The Hall–Kier alpha value is -2.14. The molecule has 0 atom stereocenters. The lowest BCUT2D eigenvalue weighted by molar-refractivity contribution is 0.755. The molecule has 0 aliphatic carbocycles. The van der Waals surface area contributed by atoms with E-state index in [1.165, 1.54) is 16.7 Å². The molecule has 21 heavy (non-hydrogen) atoms. The molecule has 1 heterocycles. The van der Waals surface area contributed by atoms with Crippen LogP contribution >= 0.6 is 11.8 Å². The van der Waals surface area contributed by atoms with E-state index in [0.717, 1.165) is 16.6 Å². The fraction of sp³-hybridized carbons (Fsp3) is 0.188. The summed E-state index contributed by atoms with van der Waals surface area (Å²) >= 11 is 1.64. The van der Waals surface area contributed by atoms with E-state index in [-0.39, 0.29) is 0 Å². The van der Waals surface area contributed by atoms with Gasteiger partial charge in [-0.15, -0.1) is 5.10 Å². The summed E-state index contributed by atoms with van der Waals surface area (Å²) in [5, 5.41) is 12.8. The zero-order valence-corrected chi connectivity index (χ0v) is 12.8. The zero-order valence-electron chi connectivity index (χ0n) is 12.0. The summed E-state index contributed by atoms with van der Waals surface area (Å²) in [6.07, 6.45) is 0. The van der Waals surface area contributed by atoms with Gasteiger partial charge in [0.05, 0.1) is 5.69 Å². The zero-order chi connectivity index (χ0) is 14.7. The molecule has 4 nitrogen and oxygen atoms in total. The Morgan fingerprint density at radius 3 is 2.52 bits per heavy atom. The molecule has 0 saturated carbocycles. The van der Waals surface area contributed by atoms with Crippen LogP contribution in [0.5, 0.6) is 0 Å². The van der Waals surface area contributed by atoms with Crippen molar-refractivity contribution in [3.05, 3.63) is 65.2 Å². The minimum Gasteiger partial charge on any atom is -0.187 e. The van der Waals surface area contributed by atoms with Crippen molar-refractivity contribution in [3.8, 4) is 5.69 Å². The molecular weight excluding hydrogens is 280 g/mol. The molecule has 0 bridgehead atoms. The van der Waals surface area contributed by atoms with Crippen LogP contribution in [-0.4, -0.2) is 20.2 Å². The number of hydrogen-bond acceptors (Lipinski definition) is 4. The van der Waals surface area contributed by atoms with Crippen LogP contribution in [0.3, 0.4) is 0 Å². The molecule has 0 unspecified atom stereocenters. The van der Waals surface area contributed by atoms with E-state index < -0.39 is 0 Å². The topological polar surface area (TPSA) is 43.6 Å². The highest BCUT2D eigenvalue weighted by molar-refractivity contribution is 7.98. The summed E-state index contributed by atoms with van der Waals surface area (Å²) in [7, 11) is 0. The van der Waals surface area contributed by atoms with Gasteiger partial charge in [0.1, 0.15) is 0 Å². The first-order valence-electron chi connectivity index (χ1n) is 6.76. The lowest BCUT2D eigenvalue weighted by Gasteiger charge is -2.05. The summed E-state index contributed by atoms with van der Waals surface area (Å²) in [6, 6.07) is 16.7. The SMILES string of the molecule is Cc1cccc(CSc2nnnn2-c2cccc(C)c2)c1. The van der Waals surface area contributed by atoms with E-state index in [2.05, 4.69) is 65.8 Å². The second-order valence-electron chi connectivity index (χ2n) is 4.99. The quantitative estimate of drug-likeness (QED) is 0.690. The number of tetrazole rings is 1. The van der Waals surface area contributed by atoms with Crippen molar-refractivity contribution < 1.29 is 0 Å². The summed E-state index contributed by atoms with van der Waals surface area (Å²) in [5.74, 6) is 0.855. The van der Waals surface area contributed by atoms with Crippen molar-refractivity contribution in [1.29, 1.82) is 0 Å². The monoisotopic (exact) mass is 296 g/mol. The van der Waals surface area contributed by atoms with Crippen molar-refractivity contribution in [2.24, 2.45) is 0 Å². The molecule has 0 aliphatic rings. The third kappa shape index (κ3) is 3.31. The largest absolute Gasteiger partial charge is 0.214 e. The maximum atomic E-state index is 4.12. The van der Waals surface area contributed by atoms with Crippen LogP contribution in [0.1, 0.15) is 16.7 Å². The molecule has 0 N–H and O–H groups in total. The number of nitrogens with zero attached hydrogens (tertiary/aromatic N) is 4. The predicted octanol–water partition coefficient (Wildman–Crippen LogP) is 3.57. The van der Waals surface area contributed by atoms with Crippen molar-refractivity contribution in [3.63, 3.8) is 0 Å². The second kappa shape index (κ2) is 6.10. The standard InChI is InChI=1S/C16H16N4S/c1-12-5-3-7-14(9-12)11-21-16-17-18-19-20(16)15-8-4-6-13(2)10-15/h3-10H,11H2,1-2H3. The average Bonchev–Trinajstić information content (AvgIpc) is 2.94. The number of aromatic nitrogens is 4. The van der Waals surface area contributed by atoms with Gasteiger partial charge in [0.25, 0.3) is 0 Å². The molecule has 1 aromatic heterocycles. The minimum absolute atomic E-state index is 0.808. The lowest BCUT2D eigenvalue weighted by Crippen LogP contribution is -1.99. The van der Waals surface area contributed by atoms with Crippen molar-refractivity contribution >= 4 is 11.8 Å². The number of benzene rings is 2. The number of aryl methyl sites for hydroxylation is 2. The molecular formula is C16H16N4S. The number of rotatable bonds is 4. The van der Waals surface area contributed by atoms with Gasteiger partial charge in [-0.2, -0.15) is 4.68 Å². The van der Waals surface area contributed by atoms with Crippen LogP contribution in [0.4, 0.5) is 0 Å². The van der Waals surface area contributed by atoms with Gasteiger partial charge < -0.3 is 0 Å². The fourth-order valence-corrected chi connectivity index (χ4v) is 2.97. The van der Waals surface area contributed by atoms with Gasteiger partial charge in [0.2, 0.25) is 5.16 Å². The molecule has 0 aliphatic heterocycles. The maximum Gasteiger partial charge on any atom is 0.214 e. The smallest absolute Gasteiger partial charge is 0.187 e. The molecule has 106 valence electrons. The Morgan fingerprint density at radius 2 is 1.76 bits per heavy atom. The van der Waals surface area contributed by atoms with Gasteiger partial charge in [-0.1, -0.05) is 53.7 Å². The average molecular weight is 296 g/mol. The molecule has 3 rings (SSSR count). The molecule has 3 aromatic rings. The van der Waals surface area contributed by atoms with Gasteiger partial charge in [0.15, 0.2) is 0 Å². The first-order chi connectivity index (χ1) is 10.2. The number of hydrogen-bond donors (Lipinski definition) is 0. The lowest BCUT2D eigenvalue weighted by atomic mass is 10.2. The Balaban J connectivity index is 1.80. The van der Waals surface area contributed by atoms with Crippen molar-refractivity contribution in [2.75, 3.05) is 0 Å². The van der Waals surface area contributed by atoms with Crippen LogP contribution in [0.2, 0.25) is 0 Å². The summed E-state index contributed by atoms with van der Waals surface area (Å²) in [4.78, 5) is 0. The third-order valence-electron chi connectivity index (χ3n) is 3.14. The van der Waals surface area contributed by atoms with Crippen molar-refractivity contribution in [2.45, 2.75) is 24.8 Å². The second-order valence-corrected chi connectivity index (χ2v) is 5.93. The van der Waals surface area contributed by atoms with Gasteiger partial charge in [-0.05, 0) is 47.5 Å². The summed E-state index contributed by atoms with van der Waals surface area (Å²) < 4.78 is 1.79. The molecule has 0 saturated heterocycles. The molecule has 2 aromatic carbocycles. The molecule has 0 fully saturated rings. The van der Waals surface area contributed by atoms with E-state index >= 15 is 0 Å². The van der Waals surface area contributed by atoms with E-state index in [0.29, 0.717) is 0 Å². The third-order valence-corrected chi connectivity index (χ3v) is 4.13. The first-order valence-corrected chi connectivity index (χ1v) is 7.75. The first kappa shape index (κ1) is 13.8. The van der Waals surface area contributed by atoms with E-state index in [1.807, 2.05) is 12.1 Å². The molecule has 0 amide bonds. The molecule has 5 heteroatoms. The number of thioether (sulfide) groups is 1. The van der Waals surface area contributed by atoms with E-state index in [9.17, 15) is 0 Å². The van der Waals surface area contributed by atoms with E-state index in [4.69, 9.17) is 0 Å². The van der Waals surface area contributed by atoms with Crippen LogP contribution in [0.15, 0.2) is 53.7 Å². The van der Waals surface area contributed by atoms with Crippen LogP contribution in [0, 0.1) is 13.8 Å². The highest BCUT2D eigenvalue weighted by Crippen LogP contribution is 2.23. The van der Waals surface area contributed by atoms with E-state index in [1.54, 1.807) is 16.4 Å². The maximum absolute atomic E-state index is 4.12. The fourth-order valence-electron chi connectivity index (χ4n) is 2.14. The van der Waals surface area contributed by atoms with Gasteiger partial charge in [0, 0.05) is 5.75 Å². The van der Waals surface area contributed by atoms with Crippen LogP contribution < -0.4 is 0 Å². The highest BCUT2D eigenvalue weighted by Gasteiger charge is 2.09. The van der Waals surface area contributed by atoms with Crippen molar-refractivity contribution in [1.82, 2.24) is 20.2 Å². The predicted molar refractivity (Wildman–Crippen MR) is 84.6 cm³/mol. The van der Waals surface area contributed by atoms with Crippen LogP contribution in [0.25, 0.3) is 5.69 Å². The summed E-state index contributed by atoms with van der Waals surface area (Å²) in [6.45, 7) is 4.17. The Morgan fingerprint density at radius 1 is 1.00 bits per heavy atom. The Kier molecular flexibility index (Phi) is 4.01. The van der Waals surface area contributed by atoms with Gasteiger partial charge >= 0.3 is 0 Å². The minimum atomic E-state index is 0.808. The Labute approximate surface area is 128 Å².